The minimum absolute atomic E-state index is 0.107. The number of aromatic nitrogens is 1. The molecule has 5 nitrogen and oxygen atoms in total. The molecule has 0 amide bonds. The number of hydrogen-bond acceptors (Lipinski definition) is 6. The van der Waals surface area contributed by atoms with Gasteiger partial charge in [-0.1, -0.05) is 0 Å². The summed E-state index contributed by atoms with van der Waals surface area (Å²) in [5.41, 5.74) is 2.16. The molecule has 22 heavy (non-hydrogen) atoms. The largest absolute Gasteiger partial charge is 0.345 e. The summed E-state index contributed by atoms with van der Waals surface area (Å²) >= 11 is 3.30. The van der Waals surface area contributed by atoms with E-state index in [0.717, 1.165) is 42.3 Å². The van der Waals surface area contributed by atoms with E-state index in [0.29, 0.717) is 13.1 Å². The zero-order valence-electron chi connectivity index (χ0n) is 12.0. The van der Waals surface area contributed by atoms with Crippen molar-refractivity contribution in [1.29, 1.82) is 0 Å². The van der Waals surface area contributed by atoms with Crippen molar-refractivity contribution in [2.45, 2.75) is 18.1 Å². The molecule has 2 fully saturated rings. The van der Waals surface area contributed by atoms with E-state index in [9.17, 15) is 8.42 Å². The Labute approximate surface area is 138 Å². The normalized spacial score (nSPS) is 20.5. The van der Waals surface area contributed by atoms with E-state index in [2.05, 4.69) is 27.1 Å². The van der Waals surface area contributed by atoms with Crippen molar-refractivity contribution in [3.05, 3.63) is 22.2 Å². The van der Waals surface area contributed by atoms with Crippen LogP contribution in [0.3, 0.4) is 0 Å². The summed E-state index contributed by atoms with van der Waals surface area (Å²) in [6.45, 7) is 2.60. The first kappa shape index (κ1) is 14.6. The highest BCUT2D eigenvalue weighted by Crippen LogP contribution is 2.33. The summed E-state index contributed by atoms with van der Waals surface area (Å²) in [6, 6.07) is 2.07. The third kappa shape index (κ3) is 2.68. The molecule has 0 unspecified atom stereocenters. The van der Waals surface area contributed by atoms with Crippen molar-refractivity contribution in [3.8, 4) is 11.3 Å². The zero-order chi connectivity index (χ0) is 15.2. The van der Waals surface area contributed by atoms with Crippen LogP contribution in [0.15, 0.2) is 22.2 Å². The molecule has 2 aliphatic rings. The second-order valence-corrected chi connectivity index (χ2v) is 9.49. The molecule has 0 spiro atoms. The first-order valence-electron chi connectivity index (χ1n) is 7.36. The van der Waals surface area contributed by atoms with Crippen LogP contribution in [0.5, 0.6) is 0 Å². The van der Waals surface area contributed by atoms with E-state index < -0.39 is 10.0 Å². The fourth-order valence-electron chi connectivity index (χ4n) is 2.66. The molecular weight excluding hydrogens is 338 g/mol. The number of rotatable bonds is 4. The molecule has 2 aromatic heterocycles. The van der Waals surface area contributed by atoms with Crippen LogP contribution in [-0.2, 0) is 10.0 Å². The Morgan fingerprint density at radius 2 is 1.91 bits per heavy atom. The standard InChI is InChI=1S/C14H17N3O2S3/c18-22(19,12-1-2-12)17-6-4-16(5-7-17)14-15-13(10-21-14)11-3-8-20-9-11/h3,8-10,12H,1-2,4-7H2. The molecular formula is C14H17N3O2S3. The molecule has 0 bridgehead atoms. The second-order valence-electron chi connectivity index (χ2n) is 5.66. The van der Waals surface area contributed by atoms with Crippen LogP contribution in [0, 0.1) is 0 Å². The lowest BCUT2D eigenvalue weighted by molar-refractivity contribution is 0.384. The van der Waals surface area contributed by atoms with Crippen molar-refractivity contribution in [2.24, 2.45) is 0 Å². The van der Waals surface area contributed by atoms with Gasteiger partial charge < -0.3 is 4.90 Å². The minimum atomic E-state index is -3.03. The van der Waals surface area contributed by atoms with Gasteiger partial charge in [0.2, 0.25) is 10.0 Å². The van der Waals surface area contributed by atoms with Gasteiger partial charge in [-0.3, -0.25) is 0 Å². The Morgan fingerprint density at radius 3 is 2.55 bits per heavy atom. The van der Waals surface area contributed by atoms with Crippen molar-refractivity contribution < 1.29 is 8.42 Å². The Bertz CT molecular complexity index is 742. The molecule has 2 aromatic rings. The zero-order valence-corrected chi connectivity index (χ0v) is 14.5. The molecule has 118 valence electrons. The second kappa shape index (κ2) is 5.59. The van der Waals surface area contributed by atoms with Crippen LogP contribution >= 0.6 is 22.7 Å². The number of nitrogens with zero attached hydrogens (tertiary/aromatic N) is 3. The Hall–Kier alpha value is -0.960. The summed E-state index contributed by atoms with van der Waals surface area (Å²) in [5, 5.41) is 7.10. The van der Waals surface area contributed by atoms with Crippen LogP contribution in [0.25, 0.3) is 11.3 Å². The van der Waals surface area contributed by atoms with Crippen molar-refractivity contribution in [1.82, 2.24) is 9.29 Å². The highest BCUT2D eigenvalue weighted by atomic mass is 32.2. The molecule has 1 saturated carbocycles. The van der Waals surface area contributed by atoms with Crippen LogP contribution in [-0.4, -0.2) is 49.1 Å². The Kier molecular flexibility index (Phi) is 3.72. The molecule has 4 rings (SSSR count). The van der Waals surface area contributed by atoms with Gasteiger partial charge in [0, 0.05) is 42.5 Å². The monoisotopic (exact) mass is 355 g/mol. The predicted molar refractivity (Wildman–Crippen MR) is 91.2 cm³/mol. The van der Waals surface area contributed by atoms with Crippen LogP contribution < -0.4 is 4.90 Å². The molecule has 0 N–H and O–H groups in total. The molecule has 0 radical (unpaired) electrons. The minimum Gasteiger partial charge on any atom is -0.345 e. The van der Waals surface area contributed by atoms with Crippen molar-refractivity contribution in [2.75, 3.05) is 31.1 Å². The lowest BCUT2D eigenvalue weighted by Crippen LogP contribution is -2.49. The maximum Gasteiger partial charge on any atom is 0.217 e. The molecule has 3 heterocycles. The van der Waals surface area contributed by atoms with Crippen molar-refractivity contribution in [3.63, 3.8) is 0 Å². The Balaban J connectivity index is 1.43. The van der Waals surface area contributed by atoms with Gasteiger partial charge >= 0.3 is 0 Å². The molecule has 0 aromatic carbocycles. The summed E-state index contributed by atoms with van der Waals surface area (Å²) in [4.78, 5) is 6.89. The molecule has 1 aliphatic heterocycles. The van der Waals surface area contributed by atoms with E-state index in [1.54, 1.807) is 27.0 Å². The smallest absolute Gasteiger partial charge is 0.217 e. The molecule has 8 heteroatoms. The van der Waals surface area contributed by atoms with Gasteiger partial charge in [-0.05, 0) is 24.3 Å². The number of hydrogen-bond donors (Lipinski definition) is 0. The summed E-state index contributed by atoms with van der Waals surface area (Å²) in [6.07, 6.45) is 1.66. The average molecular weight is 356 g/mol. The number of piperazine rings is 1. The van der Waals surface area contributed by atoms with Gasteiger partial charge in [0.05, 0.1) is 10.9 Å². The summed E-state index contributed by atoms with van der Waals surface area (Å²) in [5.74, 6) is 0. The average Bonchev–Trinajstić information content (AvgIpc) is 3.06. The van der Waals surface area contributed by atoms with Gasteiger partial charge in [-0.25, -0.2) is 13.4 Å². The number of anilines is 1. The molecule has 1 aliphatic carbocycles. The first-order chi connectivity index (χ1) is 10.6. The highest BCUT2D eigenvalue weighted by Gasteiger charge is 2.41. The van der Waals surface area contributed by atoms with Gasteiger partial charge in [0.1, 0.15) is 0 Å². The van der Waals surface area contributed by atoms with Crippen LogP contribution in [0.4, 0.5) is 5.13 Å². The SMILES string of the molecule is O=S(=O)(C1CC1)N1CCN(c2nc(-c3ccsc3)cs2)CC1. The van der Waals surface area contributed by atoms with E-state index in [1.165, 1.54) is 0 Å². The number of thiazole rings is 1. The number of sulfonamides is 1. The summed E-state index contributed by atoms with van der Waals surface area (Å²) < 4.78 is 26.2. The number of thiophene rings is 1. The van der Waals surface area contributed by atoms with Gasteiger partial charge in [0.15, 0.2) is 5.13 Å². The summed E-state index contributed by atoms with van der Waals surface area (Å²) in [7, 11) is -3.03. The quantitative estimate of drug-likeness (QED) is 0.845. The van der Waals surface area contributed by atoms with Gasteiger partial charge in [-0.15, -0.1) is 11.3 Å². The lowest BCUT2D eigenvalue weighted by atomic mass is 10.3. The van der Waals surface area contributed by atoms with E-state index >= 15 is 0 Å². The van der Waals surface area contributed by atoms with Gasteiger partial charge in [0.25, 0.3) is 0 Å². The fourth-order valence-corrected chi connectivity index (χ4v) is 6.03. The van der Waals surface area contributed by atoms with E-state index in [4.69, 9.17) is 4.98 Å². The first-order valence-corrected chi connectivity index (χ1v) is 10.7. The maximum atomic E-state index is 12.2. The lowest BCUT2D eigenvalue weighted by Gasteiger charge is -2.33. The Morgan fingerprint density at radius 1 is 1.14 bits per heavy atom. The fraction of sp³-hybridized carbons (Fsp3) is 0.500. The molecule has 0 atom stereocenters. The van der Waals surface area contributed by atoms with Crippen LogP contribution in [0.1, 0.15) is 12.8 Å². The molecule has 1 saturated heterocycles. The third-order valence-corrected chi connectivity index (χ3v) is 8.11. The van der Waals surface area contributed by atoms with Crippen molar-refractivity contribution >= 4 is 37.8 Å². The van der Waals surface area contributed by atoms with E-state index in [1.807, 2.05) is 0 Å². The third-order valence-electron chi connectivity index (χ3n) is 4.12. The predicted octanol–water partition coefficient (Wildman–Crippen LogP) is 2.49. The topological polar surface area (TPSA) is 53.5 Å². The van der Waals surface area contributed by atoms with E-state index in [-0.39, 0.29) is 5.25 Å². The maximum absolute atomic E-state index is 12.2. The highest BCUT2D eigenvalue weighted by molar-refractivity contribution is 7.90. The van der Waals surface area contributed by atoms with Crippen LogP contribution in [0.2, 0.25) is 0 Å². The van der Waals surface area contributed by atoms with Gasteiger partial charge in [-0.2, -0.15) is 15.6 Å².